The summed E-state index contributed by atoms with van der Waals surface area (Å²) in [4.78, 5) is 48.9. The van der Waals surface area contributed by atoms with E-state index in [1.807, 2.05) is 25.3 Å². The fraction of sp³-hybridized carbons (Fsp3) is 0.333. The van der Waals surface area contributed by atoms with E-state index in [1.165, 1.54) is 6.08 Å². The van der Waals surface area contributed by atoms with Gasteiger partial charge in [-0.15, -0.1) is 0 Å². The maximum atomic E-state index is 12.6. The predicted molar refractivity (Wildman–Crippen MR) is 124 cm³/mol. The normalized spacial score (nSPS) is 17.7. The molecular weight excluding hydrogens is 424 g/mol. The molecule has 9 heteroatoms. The summed E-state index contributed by atoms with van der Waals surface area (Å²) < 4.78 is 7.20. The van der Waals surface area contributed by atoms with Gasteiger partial charge in [0, 0.05) is 35.3 Å². The minimum atomic E-state index is -1.22. The van der Waals surface area contributed by atoms with Gasteiger partial charge in [0.15, 0.2) is 0 Å². The maximum Gasteiger partial charge on any atom is 0.340 e. The molecule has 1 aromatic carbocycles. The summed E-state index contributed by atoms with van der Waals surface area (Å²) in [5, 5.41) is 7.57. The third kappa shape index (κ3) is 4.52. The summed E-state index contributed by atoms with van der Waals surface area (Å²) in [7, 11) is 0. The van der Waals surface area contributed by atoms with Crippen molar-refractivity contribution in [3.63, 3.8) is 0 Å². The molecule has 2 aromatic rings. The summed E-state index contributed by atoms with van der Waals surface area (Å²) in [5.41, 5.74) is 2.49. The van der Waals surface area contributed by atoms with Crippen molar-refractivity contribution in [3.8, 4) is 0 Å². The van der Waals surface area contributed by atoms with Crippen molar-refractivity contribution in [3.05, 3.63) is 58.4 Å². The lowest BCUT2D eigenvalue weighted by atomic mass is 9.92. The average Bonchev–Trinajstić information content (AvgIpc) is 3.17. The first-order valence-electron chi connectivity index (χ1n) is 10.7. The molecule has 174 valence electrons. The smallest absolute Gasteiger partial charge is 0.340 e. The molecule has 4 amide bonds. The summed E-state index contributed by atoms with van der Waals surface area (Å²) >= 11 is 0. The number of urea groups is 1. The summed E-state index contributed by atoms with van der Waals surface area (Å²) in [6.07, 6.45) is 2.95. The van der Waals surface area contributed by atoms with Crippen LogP contribution in [0.15, 0.2) is 30.3 Å². The fourth-order valence-electron chi connectivity index (χ4n) is 4.04. The monoisotopic (exact) mass is 452 g/mol. The Morgan fingerprint density at radius 2 is 1.91 bits per heavy atom. The molecule has 0 aliphatic carbocycles. The first-order chi connectivity index (χ1) is 15.6. The van der Waals surface area contributed by atoms with Gasteiger partial charge in [0.05, 0.1) is 12.2 Å². The number of anilines is 1. The minimum absolute atomic E-state index is 0.256. The number of nitrogens with one attached hydrogen (secondary N) is 3. The lowest BCUT2D eigenvalue weighted by Gasteiger charge is -2.21. The van der Waals surface area contributed by atoms with E-state index in [4.69, 9.17) is 4.74 Å². The highest BCUT2D eigenvalue weighted by molar-refractivity contribution is 6.07. The number of esters is 1. The number of benzene rings is 1. The van der Waals surface area contributed by atoms with Gasteiger partial charge in [0.1, 0.15) is 5.54 Å². The van der Waals surface area contributed by atoms with Crippen LogP contribution in [0.2, 0.25) is 0 Å². The van der Waals surface area contributed by atoms with Gasteiger partial charge in [0.25, 0.3) is 5.91 Å². The fourth-order valence-corrected chi connectivity index (χ4v) is 4.04. The number of amides is 4. The third-order valence-electron chi connectivity index (χ3n) is 5.78. The second-order valence-corrected chi connectivity index (χ2v) is 7.86. The van der Waals surface area contributed by atoms with Gasteiger partial charge in [-0.25, -0.2) is 9.59 Å². The minimum Gasteiger partial charge on any atom is -0.462 e. The quantitative estimate of drug-likeness (QED) is 0.339. The highest BCUT2D eigenvalue weighted by Crippen LogP contribution is 2.27. The predicted octanol–water partition coefficient (Wildman–Crippen LogP) is 3.01. The molecule has 0 bridgehead atoms. The third-order valence-corrected chi connectivity index (χ3v) is 5.78. The Kier molecular flexibility index (Phi) is 6.71. The first-order valence-corrected chi connectivity index (χ1v) is 10.7. The largest absolute Gasteiger partial charge is 0.462 e. The van der Waals surface area contributed by atoms with E-state index in [0.29, 0.717) is 28.9 Å². The average molecular weight is 453 g/mol. The molecule has 1 saturated heterocycles. The van der Waals surface area contributed by atoms with Crippen molar-refractivity contribution in [2.45, 2.75) is 46.7 Å². The molecule has 1 aliphatic rings. The number of carbonyl (C=O) groups is 4. The van der Waals surface area contributed by atoms with E-state index in [0.717, 1.165) is 11.4 Å². The Bertz CT molecular complexity index is 1160. The zero-order valence-corrected chi connectivity index (χ0v) is 19.4. The van der Waals surface area contributed by atoms with Crippen LogP contribution in [0.4, 0.5) is 10.5 Å². The van der Waals surface area contributed by atoms with E-state index >= 15 is 0 Å². The van der Waals surface area contributed by atoms with Gasteiger partial charge in [-0.3, -0.25) is 14.9 Å². The van der Waals surface area contributed by atoms with Crippen molar-refractivity contribution in [2.75, 3.05) is 11.9 Å². The van der Waals surface area contributed by atoms with Gasteiger partial charge in [-0.2, -0.15) is 0 Å². The molecule has 33 heavy (non-hydrogen) atoms. The number of nitrogens with zero attached hydrogens (tertiary/aromatic N) is 1. The number of hydrogen-bond donors (Lipinski definition) is 3. The molecule has 1 aliphatic heterocycles. The molecule has 1 atom stereocenters. The van der Waals surface area contributed by atoms with E-state index < -0.39 is 29.4 Å². The summed E-state index contributed by atoms with van der Waals surface area (Å²) in [6.45, 7) is 10.00. The van der Waals surface area contributed by atoms with Crippen LogP contribution in [-0.2, 0) is 26.4 Å². The number of imide groups is 1. The maximum absolute atomic E-state index is 12.6. The van der Waals surface area contributed by atoms with Crippen molar-refractivity contribution in [1.29, 1.82) is 0 Å². The second kappa shape index (κ2) is 9.32. The molecule has 2 heterocycles. The van der Waals surface area contributed by atoms with Crippen molar-refractivity contribution < 1.29 is 23.9 Å². The van der Waals surface area contributed by atoms with Crippen LogP contribution in [-0.4, -0.2) is 35.0 Å². The molecule has 3 rings (SSSR count). The molecular formula is C24H28N4O5. The van der Waals surface area contributed by atoms with Crippen molar-refractivity contribution >= 4 is 35.6 Å². The van der Waals surface area contributed by atoms with Gasteiger partial charge in [-0.05, 0) is 58.4 Å². The van der Waals surface area contributed by atoms with Crippen LogP contribution in [0, 0.1) is 13.8 Å². The number of rotatable bonds is 7. The SMILES string of the molecule is CCOC(=O)c1c(C=CC(=O)Nc2cccc(C3(C)NC(=O)NC3=O)c2)c(C)n(CC)c1C. The second-order valence-electron chi connectivity index (χ2n) is 7.86. The molecule has 0 radical (unpaired) electrons. The van der Waals surface area contributed by atoms with Crippen LogP contribution < -0.4 is 16.0 Å². The zero-order valence-electron chi connectivity index (χ0n) is 19.4. The van der Waals surface area contributed by atoms with Crippen LogP contribution in [0.1, 0.15) is 53.6 Å². The molecule has 0 saturated carbocycles. The van der Waals surface area contributed by atoms with Crippen LogP contribution in [0.25, 0.3) is 6.08 Å². The molecule has 1 aromatic heterocycles. The standard InChI is InChI=1S/C24H28N4O5/c1-6-28-14(3)18(20(15(28)4)21(30)33-7-2)11-12-19(29)25-17-10-8-9-16(13-17)24(5)22(31)26-23(32)27-24/h8-13H,6-7H2,1-5H3,(H,25,29)(H2,26,27,31,32). The first kappa shape index (κ1) is 23.8. The lowest BCUT2D eigenvalue weighted by Crippen LogP contribution is -2.40. The molecule has 9 nitrogen and oxygen atoms in total. The molecule has 1 unspecified atom stereocenters. The Labute approximate surface area is 192 Å². The van der Waals surface area contributed by atoms with Crippen molar-refractivity contribution in [2.24, 2.45) is 0 Å². The molecule has 1 fully saturated rings. The van der Waals surface area contributed by atoms with E-state index in [1.54, 1.807) is 44.2 Å². The Balaban J connectivity index is 1.84. The number of ether oxygens (including phenoxy) is 1. The summed E-state index contributed by atoms with van der Waals surface area (Å²) in [5.74, 6) is -1.30. The van der Waals surface area contributed by atoms with E-state index in [9.17, 15) is 19.2 Å². The Morgan fingerprint density at radius 3 is 2.52 bits per heavy atom. The van der Waals surface area contributed by atoms with Gasteiger partial charge < -0.3 is 19.9 Å². The highest BCUT2D eigenvalue weighted by Gasteiger charge is 2.43. The number of carbonyl (C=O) groups excluding carboxylic acids is 4. The topological polar surface area (TPSA) is 119 Å². The Morgan fingerprint density at radius 1 is 1.18 bits per heavy atom. The van der Waals surface area contributed by atoms with Crippen LogP contribution in [0.5, 0.6) is 0 Å². The van der Waals surface area contributed by atoms with Crippen molar-refractivity contribution in [1.82, 2.24) is 15.2 Å². The molecule has 0 spiro atoms. The van der Waals surface area contributed by atoms with Crippen LogP contribution in [0.3, 0.4) is 0 Å². The molecule has 3 N–H and O–H groups in total. The van der Waals surface area contributed by atoms with Gasteiger partial charge >= 0.3 is 12.0 Å². The lowest BCUT2D eigenvalue weighted by molar-refractivity contribution is -0.123. The van der Waals surface area contributed by atoms with Gasteiger partial charge in [0.2, 0.25) is 5.91 Å². The summed E-state index contributed by atoms with van der Waals surface area (Å²) in [6, 6.07) is 6.12. The van der Waals surface area contributed by atoms with Gasteiger partial charge in [-0.1, -0.05) is 12.1 Å². The number of aromatic nitrogens is 1. The Hall–Kier alpha value is -3.88. The van der Waals surface area contributed by atoms with Crippen LogP contribution >= 0.6 is 0 Å². The highest BCUT2D eigenvalue weighted by atomic mass is 16.5. The van der Waals surface area contributed by atoms with E-state index in [2.05, 4.69) is 16.0 Å². The van der Waals surface area contributed by atoms with E-state index in [-0.39, 0.29) is 6.61 Å². The zero-order chi connectivity index (χ0) is 24.3. The number of hydrogen-bond acceptors (Lipinski definition) is 5.